The lowest BCUT2D eigenvalue weighted by Gasteiger charge is -2.17. The lowest BCUT2D eigenvalue weighted by atomic mass is 10.1. The summed E-state index contributed by atoms with van der Waals surface area (Å²) in [7, 11) is 0. The Balaban J connectivity index is 1.27. The van der Waals surface area contributed by atoms with Gasteiger partial charge < -0.3 is 19.0 Å². The Morgan fingerprint density at radius 3 is 2.65 bits per heavy atom. The number of rotatable bonds is 7. The number of carbonyl (C=O) groups is 1. The number of carbonyl (C=O) groups excluding carboxylic acids is 1. The van der Waals surface area contributed by atoms with Gasteiger partial charge in [0.05, 0.1) is 23.6 Å². The molecule has 3 heterocycles. The van der Waals surface area contributed by atoms with E-state index in [0.717, 1.165) is 28.2 Å². The molecular formula is C27H25N5O2. The largest absolute Gasteiger partial charge is 0.486 e. The molecule has 0 radical (unpaired) electrons. The van der Waals surface area contributed by atoms with Gasteiger partial charge in [0.15, 0.2) is 0 Å². The van der Waals surface area contributed by atoms with E-state index in [9.17, 15) is 4.79 Å². The van der Waals surface area contributed by atoms with Crippen molar-refractivity contribution < 1.29 is 9.53 Å². The summed E-state index contributed by atoms with van der Waals surface area (Å²) in [5, 5.41) is 3.08. The third kappa shape index (κ3) is 4.41. The number of hydrogen-bond acceptors (Lipinski definition) is 4. The van der Waals surface area contributed by atoms with E-state index < -0.39 is 0 Å². The Morgan fingerprint density at radius 1 is 1.06 bits per heavy atom. The summed E-state index contributed by atoms with van der Waals surface area (Å²) in [6.07, 6.45) is 9.30. The molecule has 5 aromatic rings. The second kappa shape index (κ2) is 9.23. The first kappa shape index (κ1) is 21.5. The molecule has 0 bridgehead atoms. The number of aryl methyl sites for hydroxylation is 1. The molecule has 3 aromatic heterocycles. The second-order valence-electron chi connectivity index (χ2n) is 8.20. The van der Waals surface area contributed by atoms with Crippen LogP contribution in [0.2, 0.25) is 0 Å². The summed E-state index contributed by atoms with van der Waals surface area (Å²) >= 11 is 0. The van der Waals surface area contributed by atoms with E-state index in [1.807, 2.05) is 89.9 Å². The Morgan fingerprint density at radius 2 is 1.88 bits per heavy atom. The van der Waals surface area contributed by atoms with Crippen molar-refractivity contribution in [2.24, 2.45) is 0 Å². The Bertz CT molecular complexity index is 1420. The van der Waals surface area contributed by atoms with Gasteiger partial charge in [0, 0.05) is 30.5 Å². The molecule has 1 atom stereocenters. The average Bonchev–Trinajstić information content (AvgIpc) is 3.54. The number of aromatic nitrogens is 4. The zero-order chi connectivity index (χ0) is 23.5. The zero-order valence-electron chi connectivity index (χ0n) is 19.1. The standard InChI is InChI=1S/C27H25N5O2/c1-19-6-5-14-31-16-22(30-26(19)31)17-34-25-8-4-3-7-24(25)27(33)29-20(2)21-9-11-23(12-10-21)32-15-13-28-18-32/h3-16,18,20H,17H2,1-2H3,(H,29,33). The molecule has 0 aliphatic rings. The van der Waals surface area contributed by atoms with Crippen LogP contribution in [0, 0.1) is 6.92 Å². The highest BCUT2D eigenvalue weighted by Gasteiger charge is 2.16. The van der Waals surface area contributed by atoms with Crippen LogP contribution in [0.1, 0.15) is 40.1 Å². The van der Waals surface area contributed by atoms with Crippen molar-refractivity contribution in [3.05, 3.63) is 114 Å². The molecule has 0 spiro atoms. The third-order valence-corrected chi connectivity index (χ3v) is 5.78. The fraction of sp³-hybridized carbons (Fsp3) is 0.148. The Kier molecular flexibility index (Phi) is 5.82. The van der Waals surface area contributed by atoms with Crippen LogP contribution in [-0.4, -0.2) is 24.8 Å². The van der Waals surface area contributed by atoms with Crippen LogP contribution < -0.4 is 10.1 Å². The molecule has 7 heteroatoms. The van der Waals surface area contributed by atoms with Crippen LogP contribution in [0.4, 0.5) is 0 Å². The molecule has 0 aliphatic heterocycles. The normalized spacial score (nSPS) is 11.9. The van der Waals surface area contributed by atoms with Crippen molar-refractivity contribution in [1.82, 2.24) is 24.3 Å². The smallest absolute Gasteiger partial charge is 0.255 e. The van der Waals surface area contributed by atoms with E-state index in [2.05, 4.69) is 15.3 Å². The minimum atomic E-state index is -0.187. The quantitative estimate of drug-likeness (QED) is 0.382. The van der Waals surface area contributed by atoms with Gasteiger partial charge in [-0.15, -0.1) is 0 Å². The fourth-order valence-electron chi connectivity index (χ4n) is 3.91. The van der Waals surface area contributed by atoms with Crippen LogP contribution in [0.5, 0.6) is 5.75 Å². The van der Waals surface area contributed by atoms with Crippen molar-refractivity contribution in [3.8, 4) is 11.4 Å². The van der Waals surface area contributed by atoms with Gasteiger partial charge in [0.25, 0.3) is 5.91 Å². The average molecular weight is 452 g/mol. The first-order valence-electron chi connectivity index (χ1n) is 11.1. The van der Waals surface area contributed by atoms with Crippen LogP contribution in [0.25, 0.3) is 11.3 Å². The first-order valence-corrected chi connectivity index (χ1v) is 11.1. The monoisotopic (exact) mass is 451 g/mol. The van der Waals surface area contributed by atoms with Crippen LogP contribution in [-0.2, 0) is 6.61 Å². The van der Waals surface area contributed by atoms with Crippen molar-refractivity contribution in [3.63, 3.8) is 0 Å². The van der Waals surface area contributed by atoms with E-state index >= 15 is 0 Å². The first-order chi connectivity index (χ1) is 16.6. The number of para-hydroxylation sites is 1. The predicted molar refractivity (Wildman–Crippen MR) is 130 cm³/mol. The topological polar surface area (TPSA) is 73.5 Å². The number of pyridine rings is 1. The van der Waals surface area contributed by atoms with Crippen LogP contribution >= 0.6 is 0 Å². The molecule has 1 amide bonds. The summed E-state index contributed by atoms with van der Waals surface area (Å²) in [6.45, 7) is 4.27. The molecule has 0 saturated carbocycles. The summed E-state index contributed by atoms with van der Waals surface area (Å²) in [6, 6.07) is 19.1. The lowest BCUT2D eigenvalue weighted by molar-refractivity contribution is 0.0935. The maximum absolute atomic E-state index is 13.1. The minimum Gasteiger partial charge on any atom is -0.486 e. The number of nitrogens with one attached hydrogen (secondary N) is 1. The maximum Gasteiger partial charge on any atom is 0.255 e. The fourth-order valence-corrected chi connectivity index (χ4v) is 3.91. The van der Waals surface area contributed by atoms with Crippen molar-refractivity contribution in [2.45, 2.75) is 26.5 Å². The highest BCUT2D eigenvalue weighted by atomic mass is 16.5. The number of fused-ring (bicyclic) bond motifs is 1. The lowest BCUT2D eigenvalue weighted by Crippen LogP contribution is -2.27. The van der Waals surface area contributed by atoms with E-state index in [-0.39, 0.29) is 18.6 Å². The number of ether oxygens (including phenoxy) is 1. The van der Waals surface area contributed by atoms with Crippen LogP contribution in [0.3, 0.4) is 0 Å². The van der Waals surface area contributed by atoms with Gasteiger partial charge in [0.2, 0.25) is 0 Å². The van der Waals surface area contributed by atoms with Gasteiger partial charge in [-0.2, -0.15) is 0 Å². The molecule has 0 aliphatic carbocycles. The molecule has 7 nitrogen and oxygen atoms in total. The third-order valence-electron chi connectivity index (χ3n) is 5.78. The number of nitrogens with zero attached hydrogens (tertiary/aromatic N) is 4. The SMILES string of the molecule is Cc1cccn2cc(COc3ccccc3C(=O)NC(C)c3ccc(-n4ccnc4)cc3)nc12. The predicted octanol–water partition coefficient (Wildman–Crippen LogP) is 4.90. The van der Waals surface area contributed by atoms with Gasteiger partial charge in [-0.1, -0.05) is 30.3 Å². The number of imidazole rings is 2. The number of benzene rings is 2. The van der Waals surface area contributed by atoms with Gasteiger partial charge >= 0.3 is 0 Å². The molecule has 34 heavy (non-hydrogen) atoms. The molecule has 5 rings (SSSR count). The number of hydrogen-bond donors (Lipinski definition) is 1. The van der Waals surface area contributed by atoms with E-state index in [1.165, 1.54) is 0 Å². The number of amides is 1. The van der Waals surface area contributed by atoms with Crippen molar-refractivity contribution in [2.75, 3.05) is 0 Å². The molecule has 2 aromatic carbocycles. The summed E-state index contributed by atoms with van der Waals surface area (Å²) in [4.78, 5) is 21.8. The molecule has 0 saturated heterocycles. The molecule has 1 unspecified atom stereocenters. The molecule has 1 N–H and O–H groups in total. The second-order valence-corrected chi connectivity index (χ2v) is 8.20. The van der Waals surface area contributed by atoms with Gasteiger partial charge in [-0.05, 0) is 55.3 Å². The van der Waals surface area contributed by atoms with Crippen molar-refractivity contribution in [1.29, 1.82) is 0 Å². The summed E-state index contributed by atoms with van der Waals surface area (Å²) in [5.74, 6) is 0.337. The highest BCUT2D eigenvalue weighted by Crippen LogP contribution is 2.22. The zero-order valence-corrected chi connectivity index (χ0v) is 19.1. The Hall–Kier alpha value is -4.39. The summed E-state index contributed by atoms with van der Waals surface area (Å²) < 4.78 is 9.93. The van der Waals surface area contributed by atoms with Crippen LogP contribution in [0.15, 0.2) is 91.8 Å². The highest BCUT2D eigenvalue weighted by molar-refractivity contribution is 5.97. The Labute approximate surface area is 197 Å². The van der Waals surface area contributed by atoms with Gasteiger partial charge in [-0.25, -0.2) is 9.97 Å². The minimum absolute atomic E-state index is 0.168. The maximum atomic E-state index is 13.1. The molecule has 170 valence electrons. The molecular weight excluding hydrogens is 426 g/mol. The molecule has 0 fully saturated rings. The van der Waals surface area contributed by atoms with Crippen molar-refractivity contribution >= 4 is 11.6 Å². The van der Waals surface area contributed by atoms with E-state index in [0.29, 0.717) is 11.3 Å². The summed E-state index contributed by atoms with van der Waals surface area (Å²) in [5.41, 5.74) is 5.32. The van der Waals surface area contributed by atoms with E-state index in [4.69, 9.17) is 4.74 Å². The van der Waals surface area contributed by atoms with Gasteiger partial charge in [0.1, 0.15) is 18.0 Å². The van der Waals surface area contributed by atoms with E-state index in [1.54, 1.807) is 24.7 Å². The van der Waals surface area contributed by atoms with Gasteiger partial charge in [-0.3, -0.25) is 4.79 Å².